The number of rotatable bonds is 6. The van der Waals surface area contributed by atoms with Gasteiger partial charge in [0.15, 0.2) is 5.96 Å². The van der Waals surface area contributed by atoms with E-state index in [2.05, 4.69) is 71.4 Å². The van der Waals surface area contributed by atoms with Crippen LogP contribution < -0.4 is 5.32 Å². The molecule has 5 heteroatoms. The summed E-state index contributed by atoms with van der Waals surface area (Å²) in [6.07, 6.45) is 5.51. The van der Waals surface area contributed by atoms with Gasteiger partial charge in [-0.05, 0) is 25.8 Å². The molecule has 0 spiro atoms. The lowest BCUT2D eigenvalue weighted by Gasteiger charge is -2.36. The topological polar surface area (TPSA) is 40.1 Å². The molecule has 2 aliphatic heterocycles. The minimum Gasteiger partial charge on any atom is -0.373 e. The van der Waals surface area contributed by atoms with Crippen molar-refractivity contribution in [1.29, 1.82) is 0 Å². The first-order valence-corrected chi connectivity index (χ1v) is 9.85. The minimum absolute atomic E-state index is 0.270. The van der Waals surface area contributed by atoms with Gasteiger partial charge >= 0.3 is 0 Å². The smallest absolute Gasteiger partial charge is 0.194 e. The summed E-state index contributed by atoms with van der Waals surface area (Å²) in [6.45, 7) is 10.6. The lowest BCUT2D eigenvalue weighted by molar-refractivity contribution is -0.0502. The van der Waals surface area contributed by atoms with E-state index in [4.69, 9.17) is 9.73 Å². The lowest BCUT2D eigenvalue weighted by Crippen LogP contribution is -2.50. The van der Waals surface area contributed by atoms with Crippen LogP contribution in [0.4, 0.5) is 0 Å². The van der Waals surface area contributed by atoms with Crippen molar-refractivity contribution in [3.63, 3.8) is 0 Å². The average Bonchev–Trinajstić information content (AvgIpc) is 3.10. The Labute approximate surface area is 157 Å². The number of nitrogens with one attached hydrogen (secondary N) is 1. The quantitative estimate of drug-likeness (QED) is 0.368. The van der Waals surface area contributed by atoms with E-state index >= 15 is 0 Å². The third-order valence-electron chi connectivity index (χ3n) is 5.07. The third kappa shape index (κ3) is 4.86. The van der Waals surface area contributed by atoms with E-state index in [0.717, 1.165) is 58.3 Å². The molecule has 0 bridgehead atoms. The molecule has 2 heterocycles. The summed E-state index contributed by atoms with van der Waals surface area (Å²) in [5.41, 5.74) is 1.37. The van der Waals surface area contributed by atoms with Gasteiger partial charge in [-0.25, -0.2) is 0 Å². The highest BCUT2D eigenvalue weighted by molar-refractivity contribution is 5.80. The summed E-state index contributed by atoms with van der Waals surface area (Å²) in [5.74, 6) is 1.02. The van der Waals surface area contributed by atoms with Crippen molar-refractivity contribution in [2.24, 2.45) is 4.99 Å². The van der Waals surface area contributed by atoms with E-state index in [1.807, 2.05) is 0 Å². The van der Waals surface area contributed by atoms with Crippen molar-refractivity contribution >= 4 is 5.96 Å². The monoisotopic (exact) mass is 356 g/mol. The number of hydrogen-bond donors (Lipinski definition) is 1. The summed E-state index contributed by atoms with van der Waals surface area (Å²) in [6, 6.07) is 11.2. The number of guanidine groups is 1. The molecule has 0 saturated carbocycles. The number of likely N-dealkylation sites (tertiary alicyclic amines) is 1. The van der Waals surface area contributed by atoms with E-state index in [-0.39, 0.29) is 6.10 Å². The van der Waals surface area contributed by atoms with Crippen molar-refractivity contribution < 1.29 is 4.74 Å². The average molecular weight is 357 g/mol. The molecule has 0 aromatic heterocycles. The number of fused-ring (bicyclic) bond motifs is 1. The van der Waals surface area contributed by atoms with Gasteiger partial charge in [0.05, 0.1) is 18.8 Å². The Morgan fingerprint density at radius 2 is 2.15 bits per heavy atom. The van der Waals surface area contributed by atoms with Crippen LogP contribution in [0.1, 0.15) is 25.8 Å². The molecule has 26 heavy (non-hydrogen) atoms. The molecular weight excluding hydrogens is 324 g/mol. The summed E-state index contributed by atoms with van der Waals surface area (Å²) >= 11 is 0. The largest absolute Gasteiger partial charge is 0.373 e. The fourth-order valence-corrected chi connectivity index (χ4v) is 3.78. The van der Waals surface area contributed by atoms with Crippen LogP contribution in [0.25, 0.3) is 0 Å². The van der Waals surface area contributed by atoms with Gasteiger partial charge in [0, 0.05) is 39.3 Å². The Hall–Kier alpha value is -1.85. The van der Waals surface area contributed by atoms with Crippen molar-refractivity contribution in [1.82, 2.24) is 15.1 Å². The molecule has 5 nitrogen and oxygen atoms in total. The lowest BCUT2D eigenvalue weighted by atomic mass is 10.1. The number of allylic oxidation sites excluding steroid dienone is 1. The van der Waals surface area contributed by atoms with E-state index in [0.29, 0.717) is 6.04 Å². The number of morpholine rings is 1. The van der Waals surface area contributed by atoms with Crippen LogP contribution in [0.3, 0.4) is 0 Å². The van der Waals surface area contributed by atoms with Gasteiger partial charge in [0.2, 0.25) is 0 Å². The first kappa shape index (κ1) is 18.9. The second kappa shape index (κ2) is 9.74. The molecule has 0 amide bonds. The highest BCUT2D eigenvalue weighted by Crippen LogP contribution is 2.24. The number of ether oxygens (including phenoxy) is 1. The molecule has 3 rings (SSSR count). The summed E-state index contributed by atoms with van der Waals surface area (Å²) < 4.78 is 6.09. The van der Waals surface area contributed by atoms with Crippen LogP contribution >= 0.6 is 0 Å². The van der Waals surface area contributed by atoms with Crippen molar-refractivity contribution in [2.75, 3.05) is 39.3 Å². The molecular formula is C21H32N4O. The van der Waals surface area contributed by atoms with Gasteiger partial charge in [0.25, 0.3) is 0 Å². The molecule has 2 unspecified atom stereocenters. The predicted octanol–water partition coefficient (Wildman–Crippen LogP) is 2.50. The van der Waals surface area contributed by atoms with Gasteiger partial charge < -0.3 is 15.0 Å². The van der Waals surface area contributed by atoms with E-state index < -0.39 is 0 Å². The highest BCUT2D eigenvalue weighted by Gasteiger charge is 2.41. The van der Waals surface area contributed by atoms with Gasteiger partial charge in [-0.2, -0.15) is 0 Å². The van der Waals surface area contributed by atoms with Crippen LogP contribution in [0.5, 0.6) is 0 Å². The maximum atomic E-state index is 6.09. The Balaban J connectivity index is 1.65. The molecule has 2 fully saturated rings. The maximum absolute atomic E-state index is 6.09. The maximum Gasteiger partial charge on any atom is 0.194 e. The molecule has 1 aromatic carbocycles. The number of hydrogen-bond acceptors (Lipinski definition) is 3. The molecule has 0 radical (unpaired) electrons. The number of nitrogens with zero attached hydrogens (tertiary/aromatic N) is 3. The highest BCUT2D eigenvalue weighted by atomic mass is 16.5. The number of benzene rings is 1. The van der Waals surface area contributed by atoms with Gasteiger partial charge in [0.1, 0.15) is 0 Å². The minimum atomic E-state index is 0.270. The number of aliphatic imine (C=N–C) groups is 1. The third-order valence-corrected chi connectivity index (χ3v) is 5.07. The molecule has 0 aliphatic carbocycles. The second-order valence-electron chi connectivity index (χ2n) is 6.93. The normalized spacial score (nSPS) is 24.2. The summed E-state index contributed by atoms with van der Waals surface area (Å²) in [4.78, 5) is 9.76. The zero-order chi connectivity index (χ0) is 18.2. The SMILES string of the molecule is C/C=C/CCN=C(NCC)N1CC2OCCN(Cc3ccccc3)C2C1. The first-order valence-electron chi connectivity index (χ1n) is 9.85. The molecule has 1 N–H and O–H groups in total. The van der Waals surface area contributed by atoms with Crippen LogP contribution in [0.15, 0.2) is 47.5 Å². The van der Waals surface area contributed by atoms with Gasteiger partial charge in [-0.15, -0.1) is 0 Å². The van der Waals surface area contributed by atoms with Crippen LogP contribution in [-0.2, 0) is 11.3 Å². The van der Waals surface area contributed by atoms with Crippen LogP contribution in [0.2, 0.25) is 0 Å². The zero-order valence-corrected chi connectivity index (χ0v) is 16.1. The molecule has 2 saturated heterocycles. The van der Waals surface area contributed by atoms with E-state index in [9.17, 15) is 0 Å². The fourth-order valence-electron chi connectivity index (χ4n) is 3.78. The molecule has 1 aromatic rings. The van der Waals surface area contributed by atoms with Gasteiger partial charge in [-0.3, -0.25) is 9.89 Å². The summed E-state index contributed by atoms with van der Waals surface area (Å²) in [7, 11) is 0. The zero-order valence-electron chi connectivity index (χ0n) is 16.1. The molecule has 142 valence electrons. The van der Waals surface area contributed by atoms with Gasteiger partial charge in [-0.1, -0.05) is 42.5 Å². The van der Waals surface area contributed by atoms with Crippen molar-refractivity contribution in [3.05, 3.63) is 48.0 Å². The van der Waals surface area contributed by atoms with E-state index in [1.54, 1.807) is 0 Å². The van der Waals surface area contributed by atoms with Crippen molar-refractivity contribution in [3.8, 4) is 0 Å². The summed E-state index contributed by atoms with van der Waals surface area (Å²) in [5, 5.41) is 3.45. The van der Waals surface area contributed by atoms with E-state index in [1.165, 1.54) is 5.56 Å². The molecule has 2 aliphatic rings. The standard InChI is InChI=1S/C21H32N4O/c1-3-5-9-12-23-21(22-4-2)25-16-19-20(17-25)26-14-13-24(19)15-18-10-7-6-8-11-18/h3,5-8,10-11,19-20H,4,9,12-17H2,1-2H3,(H,22,23)/b5-3+. The van der Waals surface area contributed by atoms with Crippen molar-refractivity contribution in [2.45, 2.75) is 39.0 Å². The molecule has 2 atom stereocenters. The Morgan fingerprint density at radius 1 is 1.31 bits per heavy atom. The van der Waals surface area contributed by atoms with Crippen LogP contribution in [-0.4, -0.2) is 67.2 Å². The predicted molar refractivity (Wildman–Crippen MR) is 107 cm³/mol. The second-order valence-corrected chi connectivity index (χ2v) is 6.93. The Bertz CT molecular complexity index is 601. The first-order chi connectivity index (χ1) is 12.8. The van der Waals surface area contributed by atoms with Crippen LogP contribution in [0, 0.1) is 0 Å². The fraction of sp³-hybridized carbons (Fsp3) is 0.571. The Kier molecular flexibility index (Phi) is 7.09. The Morgan fingerprint density at radius 3 is 2.92 bits per heavy atom.